The van der Waals surface area contributed by atoms with Crippen LogP contribution < -0.4 is 5.32 Å². The highest BCUT2D eigenvalue weighted by Gasteiger charge is 2.10. The van der Waals surface area contributed by atoms with Crippen molar-refractivity contribution in [2.75, 3.05) is 5.32 Å². The van der Waals surface area contributed by atoms with Gasteiger partial charge in [-0.1, -0.05) is 23.7 Å². The highest BCUT2D eigenvalue weighted by molar-refractivity contribution is 6.32. The van der Waals surface area contributed by atoms with Crippen molar-refractivity contribution in [1.29, 1.82) is 0 Å². The van der Waals surface area contributed by atoms with Crippen LogP contribution in [0.1, 0.15) is 15.9 Å². The molecule has 2 aromatic carbocycles. The quantitative estimate of drug-likeness (QED) is 0.548. The third-order valence-corrected chi connectivity index (χ3v) is 4.49. The van der Waals surface area contributed by atoms with Crippen molar-refractivity contribution < 1.29 is 4.79 Å². The van der Waals surface area contributed by atoms with E-state index >= 15 is 0 Å². The van der Waals surface area contributed by atoms with Gasteiger partial charge in [0.15, 0.2) is 0 Å². The molecule has 0 radical (unpaired) electrons. The molecule has 2 aromatic heterocycles. The van der Waals surface area contributed by atoms with E-state index in [1.54, 1.807) is 18.3 Å². The van der Waals surface area contributed by atoms with Gasteiger partial charge in [0.1, 0.15) is 5.82 Å². The van der Waals surface area contributed by atoms with Crippen LogP contribution in [0.5, 0.6) is 0 Å². The Morgan fingerprint density at radius 2 is 2.04 bits per heavy atom. The average molecular weight is 363 g/mol. The second-order valence-electron chi connectivity index (χ2n) is 5.98. The van der Waals surface area contributed by atoms with Crippen LogP contribution in [0.2, 0.25) is 5.02 Å². The maximum Gasteiger partial charge on any atom is 0.257 e. The number of nitrogens with one attached hydrogen (secondary N) is 2. The molecule has 0 unspecified atom stereocenters. The Kier molecular flexibility index (Phi) is 4.14. The predicted molar refractivity (Wildman–Crippen MR) is 103 cm³/mol. The third-order valence-electron chi connectivity index (χ3n) is 4.08. The van der Waals surface area contributed by atoms with Gasteiger partial charge in [-0.25, -0.2) is 4.98 Å². The summed E-state index contributed by atoms with van der Waals surface area (Å²) in [5, 5.41) is 3.57. The zero-order chi connectivity index (χ0) is 18.1. The maximum atomic E-state index is 12.3. The van der Waals surface area contributed by atoms with Crippen molar-refractivity contribution in [3.8, 4) is 11.4 Å². The molecule has 4 aromatic rings. The number of benzene rings is 2. The molecule has 0 bridgehead atoms. The minimum absolute atomic E-state index is 0.206. The van der Waals surface area contributed by atoms with Gasteiger partial charge < -0.3 is 10.3 Å². The van der Waals surface area contributed by atoms with Crippen LogP contribution in [-0.2, 0) is 0 Å². The second-order valence-corrected chi connectivity index (χ2v) is 6.39. The molecule has 0 fully saturated rings. The van der Waals surface area contributed by atoms with Gasteiger partial charge in [0.25, 0.3) is 5.91 Å². The van der Waals surface area contributed by atoms with Crippen LogP contribution in [0.25, 0.3) is 22.4 Å². The van der Waals surface area contributed by atoms with E-state index in [1.165, 1.54) is 6.20 Å². The number of fused-ring (bicyclic) bond motifs is 1. The van der Waals surface area contributed by atoms with Gasteiger partial charge in [-0.2, -0.15) is 0 Å². The number of amides is 1. The molecular formula is C20H15ClN4O. The van der Waals surface area contributed by atoms with Crippen molar-refractivity contribution in [3.63, 3.8) is 0 Å². The van der Waals surface area contributed by atoms with E-state index in [0.29, 0.717) is 16.3 Å². The van der Waals surface area contributed by atoms with Crippen LogP contribution in [-0.4, -0.2) is 20.9 Å². The summed E-state index contributed by atoms with van der Waals surface area (Å²) in [7, 11) is 0. The first-order chi connectivity index (χ1) is 12.6. The van der Waals surface area contributed by atoms with Crippen LogP contribution in [0.4, 0.5) is 5.69 Å². The summed E-state index contributed by atoms with van der Waals surface area (Å²) in [6, 6.07) is 14.8. The topological polar surface area (TPSA) is 70.7 Å². The normalized spacial score (nSPS) is 10.8. The summed E-state index contributed by atoms with van der Waals surface area (Å²) >= 11 is 6.18. The maximum absolute atomic E-state index is 12.3. The zero-order valence-electron chi connectivity index (χ0n) is 14.0. The van der Waals surface area contributed by atoms with Gasteiger partial charge >= 0.3 is 0 Å². The Labute approximate surface area is 155 Å². The Morgan fingerprint density at radius 3 is 2.85 bits per heavy atom. The van der Waals surface area contributed by atoms with Crippen LogP contribution >= 0.6 is 11.6 Å². The molecular weight excluding hydrogens is 348 g/mol. The number of imidazole rings is 1. The number of anilines is 1. The molecule has 0 saturated heterocycles. The molecule has 0 aliphatic carbocycles. The zero-order valence-corrected chi connectivity index (χ0v) is 14.7. The number of nitrogens with zero attached hydrogens (tertiary/aromatic N) is 2. The molecule has 0 aliphatic rings. The largest absolute Gasteiger partial charge is 0.338 e. The fraction of sp³-hybridized carbons (Fsp3) is 0.0500. The van der Waals surface area contributed by atoms with Crippen molar-refractivity contribution in [2.24, 2.45) is 0 Å². The smallest absolute Gasteiger partial charge is 0.257 e. The monoisotopic (exact) mass is 362 g/mol. The fourth-order valence-corrected chi connectivity index (χ4v) is 2.88. The number of carbonyl (C=O) groups is 1. The lowest BCUT2D eigenvalue weighted by Crippen LogP contribution is -2.11. The lowest BCUT2D eigenvalue weighted by molar-refractivity contribution is 0.102. The van der Waals surface area contributed by atoms with E-state index in [0.717, 1.165) is 28.0 Å². The predicted octanol–water partition coefficient (Wildman–Crippen LogP) is 4.84. The first kappa shape index (κ1) is 16.3. The molecule has 0 spiro atoms. The van der Waals surface area contributed by atoms with Gasteiger partial charge in [-0.05, 0) is 48.9 Å². The lowest BCUT2D eigenvalue weighted by atomic mass is 10.2. The number of hydrogen-bond donors (Lipinski definition) is 2. The van der Waals surface area contributed by atoms with Gasteiger partial charge in [0.2, 0.25) is 0 Å². The summed E-state index contributed by atoms with van der Waals surface area (Å²) in [6.07, 6.45) is 3.16. The van der Waals surface area contributed by atoms with E-state index in [4.69, 9.17) is 11.6 Å². The van der Waals surface area contributed by atoms with E-state index in [-0.39, 0.29) is 5.91 Å². The van der Waals surface area contributed by atoms with Gasteiger partial charge in [-0.3, -0.25) is 9.78 Å². The lowest BCUT2D eigenvalue weighted by Gasteiger charge is -2.06. The highest BCUT2D eigenvalue weighted by Crippen LogP contribution is 2.26. The second kappa shape index (κ2) is 6.61. The van der Waals surface area contributed by atoms with E-state index < -0.39 is 0 Å². The first-order valence-corrected chi connectivity index (χ1v) is 8.45. The van der Waals surface area contributed by atoms with Gasteiger partial charge in [0, 0.05) is 28.7 Å². The average Bonchev–Trinajstić information content (AvgIpc) is 3.06. The third kappa shape index (κ3) is 3.17. The number of rotatable bonds is 3. The molecule has 5 nitrogen and oxygen atoms in total. The molecule has 128 valence electrons. The molecule has 0 saturated carbocycles. The van der Waals surface area contributed by atoms with Crippen molar-refractivity contribution in [1.82, 2.24) is 15.0 Å². The van der Waals surface area contributed by atoms with Crippen molar-refractivity contribution >= 4 is 34.2 Å². The first-order valence-electron chi connectivity index (χ1n) is 8.08. The molecule has 0 aliphatic heterocycles. The number of aromatic amines is 1. The number of H-pyrrole nitrogens is 1. The Hall–Kier alpha value is -3.18. The van der Waals surface area contributed by atoms with Crippen LogP contribution in [0.15, 0.2) is 60.9 Å². The van der Waals surface area contributed by atoms with E-state index in [2.05, 4.69) is 20.3 Å². The van der Waals surface area contributed by atoms with Crippen LogP contribution in [0.3, 0.4) is 0 Å². The summed E-state index contributed by atoms with van der Waals surface area (Å²) in [5.74, 6) is 0.515. The minimum atomic E-state index is -0.206. The number of aryl methyl sites for hydroxylation is 1. The molecule has 0 atom stereocenters. The summed E-state index contributed by atoms with van der Waals surface area (Å²) in [6.45, 7) is 1.96. The van der Waals surface area contributed by atoms with Crippen molar-refractivity contribution in [3.05, 3.63) is 77.1 Å². The molecule has 2 N–H and O–H groups in total. The van der Waals surface area contributed by atoms with Crippen LogP contribution in [0, 0.1) is 6.92 Å². The summed E-state index contributed by atoms with van der Waals surface area (Å²) in [5.41, 5.74) is 4.79. The fourth-order valence-electron chi connectivity index (χ4n) is 2.72. The molecule has 4 rings (SSSR count). The number of halogens is 1. The molecule has 2 heterocycles. The van der Waals surface area contributed by atoms with Gasteiger partial charge in [0.05, 0.1) is 16.6 Å². The number of carbonyl (C=O) groups excluding carboxylic acids is 1. The highest BCUT2D eigenvalue weighted by atomic mass is 35.5. The van der Waals surface area contributed by atoms with Crippen molar-refractivity contribution in [2.45, 2.75) is 6.92 Å². The standard InChI is InChI=1S/C20H15ClN4O/c1-12-8-17-18(10-16(12)21)25-19(24-17)13-4-2-6-15(9-13)23-20(26)14-5-3-7-22-11-14/h2-11H,1H3,(H,23,26)(H,24,25). The Balaban J connectivity index is 1.64. The Bertz CT molecular complexity index is 1070. The molecule has 1 amide bonds. The summed E-state index contributed by atoms with van der Waals surface area (Å²) in [4.78, 5) is 24.2. The molecule has 6 heteroatoms. The SMILES string of the molecule is Cc1cc2[nH]c(-c3cccc(NC(=O)c4cccnc4)c3)nc2cc1Cl. The summed E-state index contributed by atoms with van der Waals surface area (Å²) < 4.78 is 0. The van der Waals surface area contributed by atoms with E-state index in [9.17, 15) is 4.79 Å². The van der Waals surface area contributed by atoms with E-state index in [1.807, 2.05) is 43.3 Å². The minimum Gasteiger partial charge on any atom is -0.338 e. The molecule has 26 heavy (non-hydrogen) atoms. The number of pyridine rings is 1. The number of aromatic nitrogens is 3. The Morgan fingerprint density at radius 1 is 1.15 bits per heavy atom. The van der Waals surface area contributed by atoms with Gasteiger partial charge in [-0.15, -0.1) is 0 Å². The number of hydrogen-bond acceptors (Lipinski definition) is 3.